The summed E-state index contributed by atoms with van der Waals surface area (Å²) in [5, 5.41) is 7.90. The van der Waals surface area contributed by atoms with E-state index < -0.39 is 23.2 Å². The standard InChI is InChI=1S/C6H12N2O3S/c7-4(9)2-1-3(12)5(8)6(10)11/h3,5,12H,1-2,8H2,(H2,7,9)(H,10,11)/t3?,5-/m0/s1. The maximum absolute atomic E-state index is 10.3. The quantitative estimate of drug-likeness (QED) is 0.417. The Hall–Kier alpha value is -0.750. The number of amides is 1. The molecule has 0 saturated carbocycles. The van der Waals surface area contributed by atoms with Gasteiger partial charge in [0.25, 0.3) is 0 Å². The van der Waals surface area contributed by atoms with Crippen molar-refractivity contribution < 1.29 is 14.7 Å². The first-order chi connectivity index (χ1) is 5.45. The number of hydrogen-bond donors (Lipinski definition) is 4. The van der Waals surface area contributed by atoms with Crippen LogP contribution in [0.4, 0.5) is 0 Å². The summed E-state index contributed by atoms with van der Waals surface area (Å²) in [5.74, 6) is -1.61. The van der Waals surface area contributed by atoms with Gasteiger partial charge in [0.15, 0.2) is 0 Å². The molecule has 70 valence electrons. The van der Waals surface area contributed by atoms with Crippen LogP contribution >= 0.6 is 12.6 Å². The average Bonchev–Trinajstić information content (AvgIpc) is 1.98. The molecule has 0 saturated heterocycles. The molecule has 0 spiro atoms. The minimum atomic E-state index is -1.13. The number of carbonyl (C=O) groups is 2. The molecule has 1 unspecified atom stereocenters. The van der Waals surface area contributed by atoms with E-state index in [1.165, 1.54) is 0 Å². The molecule has 0 aliphatic heterocycles. The SMILES string of the molecule is NC(=O)CCC(S)[C@H](N)C(=O)O. The molecular weight excluding hydrogens is 180 g/mol. The molecule has 0 bridgehead atoms. The minimum Gasteiger partial charge on any atom is -0.480 e. The number of primary amides is 1. The number of thiol groups is 1. The van der Waals surface area contributed by atoms with E-state index >= 15 is 0 Å². The summed E-state index contributed by atoms with van der Waals surface area (Å²) in [6.45, 7) is 0. The van der Waals surface area contributed by atoms with Crippen LogP contribution in [-0.2, 0) is 9.59 Å². The summed E-state index contributed by atoms with van der Waals surface area (Å²) in [7, 11) is 0. The Morgan fingerprint density at radius 2 is 2.00 bits per heavy atom. The third-order valence-electron chi connectivity index (χ3n) is 1.39. The Labute approximate surface area is 75.5 Å². The van der Waals surface area contributed by atoms with Gasteiger partial charge in [0, 0.05) is 11.7 Å². The number of aliphatic carboxylic acids is 1. The minimum absolute atomic E-state index is 0.106. The van der Waals surface area contributed by atoms with Crippen molar-refractivity contribution in [1.82, 2.24) is 0 Å². The Morgan fingerprint density at radius 3 is 2.33 bits per heavy atom. The summed E-state index contributed by atoms with van der Waals surface area (Å²) >= 11 is 3.93. The molecule has 0 aromatic carbocycles. The zero-order chi connectivity index (χ0) is 9.72. The van der Waals surface area contributed by atoms with E-state index in [0.717, 1.165) is 0 Å². The number of carbonyl (C=O) groups excluding carboxylic acids is 1. The molecule has 0 radical (unpaired) electrons. The predicted molar refractivity (Wildman–Crippen MR) is 46.8 cm³/mol. The van der Waals surface area contributed by atoms with Crippen LogP contribution in [-0.4, -0.2) is 28.3 Å². The highest BCUT2D eigenvalue weighted by Crippen LogP contribution is 2.07. The molecule has 5 nitrogen and oxygen atoms in total. The van der Waals surface area contributed by atoms with Crippen molar-refractivity contribution in [3.63, 3.8) is 0 Å². The second-order valence-corrected chi connectivity index (χ2v) is 3.10. The molecule has 0 aromatic heterocycles. The molecule has 1 amide bonds. The lowest BCUT2D eigenvalue weighted by molar-refractivity contribution is -0.138. The second-order valence-electron chi connectivity index (χ2n) is 2.44. The van der Waals surface area contributed by atoms with Crippen LogP contribution in [0.1, 0.15) is 12.8 Å². The van der Waals surface area contributed by atoms with Crippen LogP contribution in [0.5, 0.6) is 0 Å². The highest BCUT2D eigenvalue weighted by atomic mass is 32.1. The molecule has 6 heteroatoms. The lowest BCUT2D eigenvalue weighted by Crippen LogP contribution is -2.39. The summed E-state index contributed by atoms with van der Waals surface area (Å²) in [5.41, 5.74) is 10.1. The Morgan fingerprint density at radius 1 is 1.50 bits per heavy atom. The van der Waals surface area contributed by atoms with Crippen molar-refractivity contribution in [3.05, 3.63) is 0 Å². The van der Waals surface area contributed by atoms with E-state index in [4.69, 9.17) is 16.6 Å². The third kappa shape index (κ3) is 4.20. The van der Waals surface area contributed by atoms with Gasteiger partial charge in [-0.3, -0.25) is 9.59 Å². The number of carboxylic acid groups (broad SMARTS) is 1. The van der Waals surface area contributed by atoms with Gasteiger partial charge in [-0.2, -0.15) is 12.6 Å². The van der Waals surface area contributed by atoms with Crippen LogP contribution in [0.3, 0.4) is 0 Å². The first kappa shape index (κ1) is 11.2. The molecule has 0 heterocycles. The molecule has 0 rings (SSSR count). The van der Waals surface area contributed by atoms with E-state index in [0.29, 0.717) is 0 Å². The molecule has 12 heavy (non-hydrogen) atoms. The molecule has 0 aliphatic rings. The Bertz CT molecular complexity index is 186. The molecule has 2 atom stereocenters. The number of hydrogen-bond acceptors (Lipinski definition) is 4. The van der Waals surface area contributed by atoms with Crippen molar-refractivity contribution in [2.45, 2.75) is 24.1 Å². The smallest absolute Gasteiger partial charge is 0.321 e. The van der Waals surface area contributed by atoms with Crippen molar-refractivity contribution in [3.8, 4) is 0 Å². The van der Waals surface area contributed by atoms with Gasteiger partial charge in [-0.15, -0.1) is 0 Å². The van der Waals surface area contributed by atoms with Crippen molar-refractivity contribution in [2.75, 3.05) is 0 Å². The summed E-state index contributed by atoms with van der Waals surface area (Å²) < 4.78 is 0. The van der Waals surface area contributed by atoms with E-state index in [1.807, 2.05) is 0 Å². The van der Waals surface area contributed by atoms with E-state index in [1.54, 1.807) is 0 Å². The van der Waals surface area contributed by atoms with Crippen molar-refractivity contribution in [2.24, 2.45) is 11.5 Å². The van der Waals surface area contributed by atoms with Gasteiger partial charge in [0.1, 0.15) is 6.04 Å². The summed E-state index contributed by atoms with van der Waals surface area (Å²) in [6.07, 6.45) is 0.390. The molecule has 0 fully saturated rings. The van der Waals surface area contributed by atoms with Crippen LogP contribution < -0.4 is 11.5 Å². The monoisotopic (exact) mass is 192 g/mol. The molecular formula is C6H12N2O3S. The van der Waals surface area contributed by atoms with Crippen LogP contribution in [0.25, 0.3) is 0 Å². The maximum Gasteiger partial charge on any atom is 0.321 e. The van der Waals surface area contributed by atoms with Crippen LogP contribution in [0.2, 0.25) is 0 Å². The van der Waals surface area contributed by atoms with Crippen LogP contribution in [0, 0.1) is 0 Å². The average molecular weight is 192 g/mol. The van der Waals surface area contributed by atoms with Crippen molar-refractivity contribution in [1.29, 1.82) is 0 Å². The van der Waals surface area contributed by atoms with E-state index in [2.05, 4.69) is 12.6 Å². The second kappa shape index (κ2) is 5.00. The van der Waals surface area contributed by atoms with E-state index in [-0.39, 0.29) is 12.8 Å². The maximum atomic E-state index is 10.3. The van der Waals surface area contributed by atoms with Crippen LogP contribution in [0.15, 0.2) is 0 Å². The normalized spacial score (nSPS) is 15.2. The van der Waals surface area contributed by atoms with Gasteiger partial charge in [-0.1, -0.05) is 0 Å². The predicted octanol–water partition coefficient (Wildman–Crippen LogP) is -1.04. The van der Waals surface area contributed by atoms with Crippen molar-refractivity contribution >= 4 is 24.5 Å². The highest BCUT2D eigenvalue weighted by Gasteiger charge is 2.20. The largest absolute Gasteiger partial charge is 0.480 e. The number of carboxylic acids is 1. The first-order valence-corrected chi connectivity index (χ1v) is 3.91. The molecule has 5 N–H and O–H groups in total. The number of rotatable bonds is 5. The van der Waals surface area contributed by atoms with Gasteiger partial charge in [-0.25, -0.2) is 0 Å². The Kier molecular flexibility index (Phi) is 4.68. The fourth-order valence-corrected chi connectivity index (χ4v) is 0.891. The van der Waals surface area contributed by atoms with E-state index in [9.17, 15) is 9.59 Å². The summed E-state index contributed by atoms with van der Waals surface area (Å²) in [6, 6.07) is -1.05. The lowest BCUT2D eigenvalue weighted by Gasteiger charge is -2.13. The highest BCUT2D eigenvalue weighted by molar-refractivity contribution is 7.81. The molecule has 0 aromatic rings. The van der Waals surface area contributed by atoms with Gasteiger partial charge in [0.05, 0.1) is 0 Å². The number of nitrogens with two attached hydrogens (primary N) is 2. The Balaban J connectivity index is 3.79. The molecule has 0 aliphatic carbocycles. The fraction of sp³-hybridized carbons (Fsp3) is 0.667. The first-order valence-electron chi connectivity index (χ1n) is 3.40. The zero-order valence-electron chi connectivity index (χ0n) is 6.43. The third-order valence-corrected chi connectivity index (χ3v) is 1.97. The van der Waals surface area contributed by atoms with Gasteiger partial charge < -0.3 is 16.6 Å². The van der Waals surface area contributed by atoms with Gasteiger partial charge in [0.2, 0.25) is 5.91 Å². The zero-order valence-corrected chi connectivity index (χ0v) is 7.33. The topological polar surface area (TPSA) is 106 Å². The van der Waals surface area contributed by atoms with Gasteiger partial charge >= 0.3 is 5.97 Å². The summed E-state index contributed by atoms with van der Waals surface area (Å²) in [4.78, 5) is 20.6. The lowest BCUT2D eigenvalue weighted by atomic mass is 10.1. The fourth-order valence-electron chi connectivity index (χ4n) is 0.634. The van der Waals surface area contributed by atoms with Gasteiger partial charge in [-0.05, 0) is 6.42 Å².